The number of amides is 2. The van der Waals surface area contributed by atoms with Crippen molar-refractivity contribution in [2.75, 3.05) is 16.8 Å². The lowest BCUT2D eigenvalue weighted by molar-refractivity contribution is -0.117. The van der Waals surface area contributed by atoms with E-state index in [1.54, 1.807) is 6.07 Å². The van der Waals surface area contributed by atoms with Gasteiger partial charge in [-0.25, -0.2) is 0 Å². The molecule has 2 aromatic rings. The third-order valence-corrected chi connectivity index (χ3v) is 5.04. The first-order valence-corrected chi connectivity index (χ1v) is 9.11. The fourth-order valence-electron chi connectivity index (χ4n) is 3.66. The van der Waals surface area contributed by atoms with Crippen LogP contribution in [0.5, 0.6) is 5.75 Å². The molecule has 0 bridgehead atoms. The summed E-state index contributed by atoms with van der Waals surface area (Å²) in [5, 5.41) is 2.94. The van der Waals surface area contributed by atoms with E-state index in [1.165, 1.54) is 0 Å². The van der Waals surface area contributed by atoms with E-state index in [9.17, 15) is 9.59 Å². The molecule has 0 saturated carbocycles. The van der Waals surface area contributed by atoms with E-state index in [-0.39, 0.29) is 17.9 Å². The van der Waals surface area contributed by atoms with Crippen molar-refractivity contribution in [1.29, 1.82) is 0 Å². The van der Waals surface area contributed by atoms with Gasteiger partial charge in [-0.3, -0.25) is 9.59 Å². The Morgan fingerprint density at radius 3 is 2.88 bits per heavy atom. The van der Waals surface area contributed by atoms with Crippen LogP contribution >= 0.6 is 0 Å². The lowest BCUT2D eigenvalue weighted by Gasteiger charge is -2.22. The maximum absolute atomic E-state index is 12.6. The summed E-state index contributed by atoms with van der Waals surface area (Å²) in [7, 11) is 0. The Balaban J connectivity index is 1.53. The summed E-state index contributed by atoms with van der Waals surface area (Å²) in [4.78, 5) is 26.5. The van der Waals surface area contributed by atoms with Crippen LogP contribution < -0.4 is 15.0 Å². The molecule has 2 heterocycles. The van der Waals surface area contributed by atoms with E-state index < -0.39 is 0 Å². The standard InChI is InChI=1S/C21H22N2O3/c1-14-7-10-20(24)23(14)18-6-2-5-17(13-18)22-21(25)16-8-9-19-15(12-16)4-3-11-26-19/h2,5-6,8-9,12-14H,3-4,7,10-11H2,1H3,(H,22,25). The minimum atomic E-state index is -0.156. The van der Waals surface area contributed by atoms with Gasteiger partial charge in [0.15, 0.2) is 0 Å². The molecule has 1 N–H and O–H groups in total. The third kappa shape index (κ3) is 3.17. The number of nitrogens with one attached hydrogen (secondary N) is 1. The molecule has 2 aliphatic heterocycles. The van der Waals surface area contributed by atoms with Gasteiger partial charge in [-0.1, -0.05) is 6.07 Å². The van der Waals surface area contributed by atoms with Gasteiger partial charge in [0.25, 0.3) is 5.91 Å². The van der Waals surface area contributed by atoms with Crippen molar-refractivity contribution < 1.29 is 14.3 Å². The van der Waals surface area contributed by atoms with Crippen LogP contribution in [-0.4, -0.2) is 24.5 Å². The van der Waals surface area contributed by atoms with Crippen LogP contribution in [0.25, 0.3) is 0 Å². The van der Waals surface area contributed by atoms with Crippen molar-refractivity contribution in [3.63, 3.8) is 0 Å². The fraction of sp³-hybridized carbons (Fsp3) is 0.333. The van der Waals surface area contributed by atoms with Crippen LogP contribution in [-0.2, 0) is 11.2 Å². The van der Waals surface area contributed by atoms with E-state index in [1.807, 2.05) is 48.2 Å². The van der Waals surface area contributed by atoms with Crippen molar-refractivity contribution in [2.45, 2.75) is 38.6 Å². The predicted molar refractivity (Wildman–Crippen MR) is 101 cm³/mol. The van der Waals surface area contributed by atoms with Gasteiger partial charge in [0.1, 0.15) is 5.75 Å². The first kappa shape index (κ1) is 16.6. The smallest absolute Gasteiger partial charge is 0.255 e. The second kappa shape index (κ2) is 6.83. The number of ether oxygens (including phenoxy) is 1. The van der Waals surface area contributed by atoms with Gasteiger partial charge in [0.05, 0.1) is 6.61 Å². The quantitative estimate of drug-likeness (QED) is 0.916. The van der Waals surface area contributed by atoms with Crippen molar-refractivity contribution in [3.05, 3.63) is 53.6 Å². The molecule has 26 heavy (non-hydrogen) atoms. The molecule has 4 rings (SSSR count). The number of benzene rings is 2. The monoisotopic (exact) mass is 350 g/mol. The number of anilines is 2. The van der Waals surface area contributed by atoms with E-state index >= 15 is 0 Å². The summed E-state index contributed by atoms with van der Waals surface area (Å²) >= 11 is 0. The average molecular weight is 350 g/mol. The van der Waals surface area contributed by atoms with Crippen molar-refractivity contribution in [3.8, 4) is 5.75 Å². The molecule has 0 aromatic heterocycles. The summed E-state index contributed by atoms with van der Waals surface area (Å²) in [6, 6.07) is 13.2. The number of carbonyl (C=O) groups excluding carboxylic acids is 2. The number of fused-ring (bicyclic) bond motifs is 1. The Morgan fingerprint density at radius 2 is 2.08 bits per heavy atom. The molecule has 5 nitrogen and oxygen atoms in total. The summed E-state index contributed by atoms with van der Waals surface area (Å²) in [6.07, 6.45) is 3.35. The fourth-order valence-corrected chi connectivity index (χ4v) is 3.66. The summed E-state index contributed by atoms with van der Waals surface area (Å²) < 4.78 is 5.60. The SMILES string of the molecule is CC1CCC(=O)N1c1cccc(NC(=O)c2ccc3c(c2)CCCO3)c1. The molecule has 2 aliphatic rings. The Kier molecular flexibility index (Phi) is 4.37. The molecule has 2 aromatic carbocycles. The normalized spacial score (nSPS) is 19.0. The third-order valence-electron chi connectivity index (χ3n) is 5.04. The molecular formula is C21H22N2O3. The first-order valence-electron chi connectivity index (χ1n) is 9.11. The van der Waals surface area contributed by atoms with Crippen LogP contribution in [0.15, 0.2) is 42.5 Å². The minimum Gasteiger partial charge on any atom is -0.493 e. The summed E-state index contributed by atoms with van der Waals surface area (Å²) in [6.45, 7) is 2.78. The zero-order valence-corrected chi connectivity index (χ0v) is 14.8. The maximum atomic E-state index is 12.6. The van der Waals surface area contributed by atoms with E-state index in [2.05, 4.69) is 5.32 Å². The molecule has 134 valence electrons. The first-order chi connectivity index (χ1) is 12.6. The molecule has 0 radical (unpaired) electrons. The van der Waals surface area contributed by atoms with Gasteiger partial charge < -0.3 is 15.0 Å². The Bertz CT molecular complexity index is 862. The molecule has 5 heteroatoms. The zero-order valence-electron chi connectivity index (χ0n) is 14.8. The number of nitrogens with zero attached hydrogens (tertiary/aromatic N) is 1. The predicted octanol–water partition coefficient (Wildman–Crippen LogP) is 3.78. The van der Waals surface area contributed by atoms with E-state index in [0.717, 1.165) is 42.9 Å². The van der Waals surface area contributed by atoms with Gasteiger partial charge in [-0.15, -0.1) is 0 Å². The zero-order chi connectivity index (χ0) is 18.1. The van der Waals surface area contributed by atoms with Crippen LogP contribution in [0.1, 0.15) is 42.1 Å². The van der Waals surface area contributed by atoms with Gasteiger partial charge in [0, 0.05) is 29.4 Å². The maximum Gasteiger partial charge on any atom is 0.255 e. The molecule has 1 atom stereocenters. The van der Waals surface area contributed by atoms with Crippen molar-refractivity contribution >= 4 is 23.2 Å². The molecule has 1 unspecified atom stereocenters. The summed E-state index contributed by atoms with van der Waals surface area (Å²) in [5.74, 6) is 0.850. The van der Waals surface area contributed by atoms with Crippen LogP contribution in [0.4, 0.5) is 11.4 Å². The van der Waals surface area contributed by atoms with E-state index in [4.69, 9.17) is 4.74 Å². The van der Waals surface area contributed by atoms with Crippen LogP contribution in [0.3, 0.4) is 0 Å². The number of rotatable bonds is 3. The highest BCUT2D eigenvalue weighted by Crippen LogP contribution is 2.29. The Labute approximate surface area is 153 Å². The average Bonchev–Trinajstić information content (AvgIpc) is 3.00. The second-order valence-electron chi connectivity index (χ2n) is 6.93. The topological polar surface area (TPSA) is 58.6 Å². The van der Waals surface area contributed by atoms with Gasteiger partial charge >= 0.3 is 0 Å². The lowest BCUT2D eigenvalue weighted by Crippen LogP contribution is -2.30. The second-order valence-corrected chi connectivity index (χ2v) is 6.93. The van der Waals surface area contributed by atoms with Crippen molar-refractivity contribution in [2.24, 2.45) is 0 Å². The highest BCUT2D eigenvalue weighted by Gasteiger charge is 2.28. The minimum absolute atomic E-state index is 0.135. The lowest BCUT2D eigenvalue weighted by atomic mass is 10.0. The number of aryl methyl sites for hydroxylation is 1. The number of hydrogen-bond donors (Lipinski definition) is 1. The molecule has 0 spiro atoms. The largest absolute Gasteiger partial charge is 0.493 e. The van der Waals surface area contributed by atoms with Crippen LogP contribution in [0, 0.1) is 0 Å². The van der Waals surface area contributed by atoms with Crippen molar-refractivity contribution in [1.82, 2.24) is 0 Å². The van der Waals surface area contributed by atoms with Crippen LogP contribution in [0.2, 0.25) is 0 Å². The Morgan fingerprint density at radius 1 is 1.19 bits per heavy atom. The molecule has 1 fully saturated rings. The molecule has 1 saturated heterocycles. The van der Waals surface area contributed by atoms with Gasteiger partial charge in [0.2, 0.25) is 5.91 Å². The molecular weight excluding hydrogens is 328 g/mol. The molecule has 2 amide bonds. The van der Waals surface area contributed by atoms with Gasteiger partial charge in [-0.2, -0.15) is 0 Å². The number of carbonyl (C=O) groups is 2. The van der Waals surface area contributed by atoms with Gasteiger partial charge in [-0.05, 0) is 68.1 Å². The number of hydrogen-bond acceptors (Lipinski definition) is 3. The highest BCUT2D eigenvalue weighted by atomic mass is 16.5. The highest BCUT2D eigenvalue weighted by molar-refractivity contribution is 6.05. The Hall–Kier alpha value is -2.82. The summed E-state index contributed by atoms with van der Waals surface area (Å²) in [5.41, 5.74) is 3.21. The molecule has 0 aliphatic carbocycles. The van der Waals surface area contributed by atoms with E-state index in [0.29, 0.717) is 17.7 Å².